The van der Waals surface area contributed by atoms with Crippen LogP contribution >= 0.6 is 0 Å². The molecular weight excluding hydrogens is 258 g/mol. The molecule has 0 spiro atoms. The molecule has 3 rings (SSSR count). The van der Waals surface area contributed by atoms with Crippen molar-refractivity contribution < 1.29 is 17.1 Å². The summed E-state index contributed by atoms with van der Waals surface area (Å²) in [6.45, 7) is 3.53. The summed E-state index contributed by atoms with van der Waals surface area (Å²) in [4.78, 5) is 37.8. The Morgan fingerprint density at radius 1 is 1.35 bits per heavy atom. The topological polar surface area (TPSA) is 92.5 Å². The first-order valence-electron chi connectivity index (χ1n) is 6.99. The van der Waals surface area contributed by atoms with Gasteiger partial charge in [-0.15, -0.1) is 0 Å². The van der Waals surface area contributed by atoms with Crippen LogP contribution < -0.4 is 11.1 Å². The number of anilines is 1. The number of hydrogen-bond donors (Lipinski definition) is 2. The highest BCUT2D eigenvalue weighted by molar-refractivity contribution is 6.25. The van der Waals surface area contributed by atoms with Crippen LogP contribution in [0, 0.1) is 0 Å². The highest BCUT2D eigenvalue weighted by Gasteiger charge is 2.44. The fourth-order valence-corrected chi connectivity index (χ4v) is 2.37. The molecule has 1 saturated heterocycles. The molecule has 1 aromatic carbocycles. The van der Waals surface area contributed by atoms with Crippen LogP contribution in [0.5, 0.6) is 0 Å². The van der Waals surface area contributed by atoms with E-state index < -0.39 is 30.1 Å². The number of rotatable bonds is 1. The number of nitrogen functional groups attached to an aromatic ring is 1. The fraction of sp³-hybridized carbons (Fsp3) is 0.214. The molecule has 3 amide bonds. The Kier molecular flexibility index (Phi) is 2.14. The second kappa shape index (κ2) is 4.19. The van der Waals surface area contributed by atoms with Gasteiger partial charge >= 0.3 is 0 Å². The van der Waals surface area contributed by atoms with E-state index in [9.17, 15) is 14.4 Å². The number of carbonyl (C=O) groups is 3. The van der Waals surface area contributed by atoms with Gasteiger partial charge in [0.1, 0.15) is 6.04 Å². The zero-order valence-electron chi connectivity index (χ0n) is 12.5. The molecule has 0 saturated carbocycles. The van der Waals surface area contributed by atoms with Crippen LogP contribution in [0.25, 0.3) is 0 Å². The lowest BCUT2D eigenvalue weighted by Crippen LogP contribution is -2.51. The summed E-state index contributed by atoms with van der Waals surface area (Å²) in [6, 6.07) is 2.89. The number of nitrogens with zero attached hydrogens (tertiary/aromatic N) is 1. The van der Waals surface area contributed by atoms with Gasteiger partial charge in [-0.25, -0.2) is 0 Å². The van der Waals surface area contributed by atoms with Crippen molar-refractivity contribution in [2.45, 2.75) is 18.8 Å². The summed E-state index contributed by atoms with van der Waals surface area (Å²) in [5.41, 5.74) is 6.16. The molecule has 20 heavy (non-hydrogen) atoms. The monoisotopic (exact) mass is 273 g/mol. The van der Waals surface area contributed by atoms with Crippen molar-refractivity contribution in [1.82, 2.24) is 10.2 Å². The van der Waals surface area contributed by atoms with E-state index in [0.717, 1.165) is 0 Å². The van der Waals surface area contributed by atoms with Crippen molar-refractivity contribution in [3.63, 3.8) is 0 Å². The first-order valence-corrected chi connectivity index (χ1v) is 5.99. The normalized spacial score (nSPS) is 26.0. The average Bonchev–Trinajstić information content (AvgIpc) is 2.63. The van der Waals surface area contributed by atoms with E-state index in [1.54, 1.807) is 0 Å². The molecule has 1 atom stereocenters. The van der Waals surface area contributed by atoms with Crippen molar-refractivity contribution in [2.75, 3.05) is 5.73 Å². The summed E-state index contributed by atoms with van der Waals surface area (Å²) < 4.78 is 16.0. The van der Waals surface area contributed by atoms with Crippen LogP contribution in [0.4, 0.5) is 5.69 Å². The molecular formula is C14H13N3O3. The molecule has 0 aliphatic carbocycles. The van der Waals surface area contributed by atoms with Gasteiger partial charge in [-0.1, -0.05) is 12.6 Å². The van der Waals surface area contributed by atoms with E-state index in [1.807, 2.05) is 0 Å². The summed E-state index contributed by atoms with van der Waals surface area (Å²) in [7, 11) is 0. The lowest BCUT2D eigenvalue weighted by atomic mass is 10.0. The summed E-state index contributed by atoms with van der Waals surface area (Å²) in [6.07, 6.45) is -2.27. The smallest absolute Gasteiger partial charge is 0.264 e. The predicted molar refractivity (Wildman–Crippen MR) is 71.7 cm³/mol. The standard InChI is InChI=1S/C14H13N3O3/c1-7-5-6-10(12(18)16-7)17-13(19)8-3-2-4-9(15)11(8)14(17)20/h2-4,10H,1,5-6,15H2,(H,16,18)/t10-/m0/s1/i6D2. The molecule has 2 heterocycles. The van der Waals surface area contributed by atoms with Gasteiger partial charge < -0.3 is 11.1 Å². The van der Waals surface area contributed by atoms with Gasteiger partial charge in [0.05, 0.1) is 11.1 Å². The highest BCUT2D eigenvalue weighted by Crippen LogP contribution is 2.31. The maximum Gasteiger partial charge on any atom is 0.264 e. The first kappa shape index (κ1) is 10.2. The third-order valence-corrected chi connectivity index (χ3v) is 3.29. The number of nitrogens with one attached hydrogen (secondary N) is 1. The van der Waals surface area contributed by atoms with Gasteiger partial charge in [-0.05, 0) is 24.9 Å². The molecule has 1 fully saturated rings. The van der Waals surface area contributed by atoms with E-state index in [4.69, 9.17) is 8.48 Å². The maximum absolute atomic E-state index is 12.5. The number of fused-ring (bicyclic) bond motifs is 1. The van der Waals surface area contributed by atoms with E-state index >= 15 is 0 Å². The van der Waals surface area contributed by atoms with Crippen LogP contribution in [0.2, 0.25) is 0 Å². The summed E-state index contributed by atoms with van der Waals surface area (Å²) in [5.74, 6) is -2.24. The molecule has 6 heteroatoms. The van der Waals surface area contributed by atoms with E-state index in [-0.39, 0.29) is 28.9 Å². The van der Waals surface area contributed by atoms with Crippen LogP contribution in [0.1, 0.15) is 36.3 Å². The zero-order valence-corrected chi connectivity index (χ0v) is 10.5. The number of imide groups is 1. The largest absolute Gasteiger partial charge is 0.398 e. The van der Waals surface area contributed by atoms with Gasteiger partial charge in [0.15, 0.2) is 0 Å². The zero-order chi connectivity index (χ0) is 16.2. The Morgan fingerprint density at radius 2 is 2.10 bits per heavy atom. The molecule has 3 N–H and O–H groups in total. The Bertz CT molecular complexity index is 745. The third kappa shape index (κ3) is 1.61. The quantitative estimate of drug-likeness (QED) is 0.580. The number of piperidine rings is 1. The molecule has 102 valence electrons. The van der Waals surface area contributed by atoms with Gasteiger partial charge in [-0.2, -0.15) is 0 Å². The third-order valence-electron chi connectivity index (χ3n) is 3.29. The second-order valence-electron chi connectivity index (χ2n) is 4.63. The lowest BCUT2D eigenvalue weighted by Gasteiger charge is -2.29. The average molecular weight is 273 g/mol. The lowest BCUT2D eigenvalue weighted by molar-refractivity contribution is -0.125. The number of hydrogen-bond acceptors (Lipinski definition) is 4. The van der Waals surface area contributed by atoms with Crippen molar-refractivity contribution in [3.05, 3.63) is 41.6 Å². The number of allylic oxidation sites excluding steroid dienone is 1. The SMILES string of the molecule is [2H]C1([2H])CC(=C)NC(=O)[C@H]1N1C(=O)c2cccc(N)c2C1=O. The molecule has 0 unspecified atom stereocenters. The number of nitrogens with two attached hydrogens (primary N) is 1. The van der Waals surface area contributed by atoms with Crippen molar-refractivity contribution >= 4 is 23.4 Å². The Morgan fingerprint density at radius 3 is 2.75 bits per heavy atom. The van der Waals surface area contributed by atoms with Gasteiger partial charge in [0.25, 0.3) is 11.8 Å². The summed E-state index contributed by atoms with van der Waals surface area (Å²) in [5, 5.41) is 2.39. The van der Waals surface area contributed by atoms with Crippen LogP contribution in [-0.2, 0) is 4.79 Å². The molecule has 1 aromatic rings. The van der Waals surface area contributed by atoms with E-state index in [0.29, 0.717) is 4.90 Å². The van der Waals surface area contributed by atoms with E-state index in [2.05, 4.69) is 11.9 Å². The molecule has 6 nitrogen and oxygen atoms in total. The molecule has 0 aromatic heterocycles. The van der Waals surface area contributed by atoms with Crippen molar-refractivity contribution in [1.29, 1.82) is 0 Å². The molecule has 2 aliphatic heterocycles. The van der Waals surface area contributed by atoms with Crippen LogP contribution in [0.15, 0.2) is 30.5 Å². The van der Waals surface area contributed by atoms with Crippen molar-refractivity contribution in [3.8, 4) is 0 Å². The summed E-state index contributed by atoms with van der Waals surface area (Å²) >= 11 is 0. The minimum Gasteiger partial charge on any atom is -0.398 e. The number of carbonyl (C=O) groups excluding carboxylic acids is 3. The predicted octanol–water partition coefficient (Wildman–Crippen LogP) is 0.657. The van der Waals surface area contributed by atoms with Crippen LogP contribution in [0.3, 0.4) is 0 Å². The van der Waals surface area contributed by atoms with E-state index in [1.165, 1.54) is 18.2 Å². The van der Waals surface area contributed by atoms with Gasteiger partial charge in [-0.3, -0.25) is 19.3 Å². The Hall–Kier alpha value is -2.63. The number of amides is 3. The molecule has 2 aliphatic rings. The maximum atomic E-state index is 12.5. The Labute approximate surface area is 118 Å². The minimum absolute atomic E-state index is 0.0144. The van der Waals surface area contributed by atoms with Gasteiger partial charge in [0, 0.05) is 14.1 Å². The van der Waals surface area contributed by atoms with Gasteiger partial charge in [0.2, 0.25) is 5.91 Å². The molecule has 0 bridgehead atoms. The minimum atomic E-state index is -2.10. The first-order chi connectivity index (χ1) is 10.2. The van der Waals surface area contributed by atoms with Crippen molar-refractivity contribution in [2.24, 2.45) is 0 Å². The molecule has 0 radical (unpaired) electrons. The Balaban J connectivity index is 2.09. The fourth-order valence-electron chi connectivity index (χ4n) is 2.37. The highest BCUT2D eigenvalue weighted by atomic mass is 16.2. The van der Waals surface area contributed by atoms with Crippen LogP contribution in [-0.4, -0.2) is 28.7 Å². The number of benzene rings is 1. The second-order valence-corrected chi connectivity index (χ2v) is 4.63.